The van der Waals surface area contributed by atoms with Gasteiger partial charge in [-0.05, 0) is 44.1 Å². The highest BCUT2D eigenvalue weighted by molar-refractivity contribution is 5.78. The minimum Gasteiger partial charge on any atom is -0.481 e. The van der Waals surface area contributed by atoms with Gasteiger partial charge in [-0.2, -0.15) is 0 Å². The number of piperidine rings is 1. The van der Waals surface area contributed by atoms with Crippen LogP contribution in [0.4, 0.5) is 0 Å². The first-order chi connectivity index (χ1) is 9.84. The van der Waals surface area contributed by atoms with Crippen molar-refractivity contribution < 1.29 is 14.7 Å². The smallest absolute Gasteiger partial charge is 0.309 e. The number of nitrogens with two attached hydrogens (primary N) is 1. The summed E-state index contributed by atoms with van der Waals surface area (Å²) in [6, 6.07) is 0. The summed E-state index contributed by atoms with van der Waals surface area (Å²) in [7, 11) is 0. The van der Waals surface area contributed by atoms with Gasteiger partial charge in [0.25, 0.3) is 0 Å². The maximum absolute atomic E-state index is 12.3. The first-order valence-electron chi connectivity index (χ1n) is 8.06. The van der Waals surface area contributed by atoms with Crippen LogP contribution >= 0.6 is 0 Å². The molecule has 5 heteroatoms. The zero-order valence-electron chi connectivity index (χ0n) is 13.6. The van der Waals surface area contributed by atoms with E-state index in [1.54, 1.807) is 0 Å². The summed E-state index contributed by atoms with van der Waals surface area (Å²) in [6.07, 6.45) is 3.19. The number of hydrogen-bond acceptors (Lipinski definition) is 3. The van der Waals surface area contributed by atoms with Crippen LogP contribution in [0.1, 0.15) is 52.9 Å². The van der Waals surface area contributed by atoms with Crippen molar-refractivity contribution in [2.75, 3.05) is 19.6 Å². The molecule has 3 N–H and O–H groups in total. The highest BCUT2D eigenvalue weighted by Gasteiger charge is 2.40. The third kappa shape index (κ3) is 4.70. The number of amides is 1. The number of nitrogens with zero attached hydrogens (tertiary/aromatic N) is 1. The fourth-order valence-electron chi connectivity index (χ4n) is 3.21. The molecule has 1 amide bonds. The molecule has 1 aliphatic heterocycles. The molecule has 1 saturated heterocycles. The Kier molecular flexibility index (Phi) is 6.65. The average Bonchev–Trinajstić information content (AvgIpc) is 2.45. The topological polar surface area (TPSA) is 83.6 Å². The van der Waals surface area contributed by atoms with E-state index in [0.717, 1.165) is 6.42 Å². The van der Waals surface area contributed by atoms with Gasteiger partial charge in [0.05, 0.1) is 5.41 Å². The van der Waals surface area contributed by atoms with Crippen LogP contribution in [0, 0.1) is 17.3 Å². The standard InChI is InChI=1S/C16H30N2O3/c1-4-16(15(20)21)5-7-18(8-6-16)14(19)10-13(11-17)9-12(2)3/h12-13H,4-11,17H2,1-3H3,(H,20,21). The lowest BCUT2D eigenvalue weighted by atomic mass is 9.76. The van der Waals surface area contributed by atoms with Gasteiger partial charge in [-0.1, -0.05) is 20.8 Å². The summed E-state index contributed by atoms with van der Waals surface area (Å²) < 4.78 is 0. The lowest BCUT2D eigenvalue weighted by Crippen LogP contribution is -2.46. The maximum Gasteiger partial charge on any atom is 0.309 e. The number of hydrogen-bond donors (Lipinski definition) is 2. The number of aliphatic carboxylic acids is 1. The van der Waals surface area contributed by atoms with E-state index in [2.05, 4.69) is 13.8 Å². The van der Waals surface area contributed by atoms with E-state index < -0.39 is 11.4 Å². The number of carbonyl (C=O) groups excluding carboxylic acids is 1. The zero-order valence-corrected chi connectivity index (χ0v) is 13.6. The predicted octanol–water partition coefficient (Wildman–Crippen LogP) is 2.10. The third-order valence-corrected chi connectivity index (χ3v) is 4.81. The van der Waals surface area contributed by atoms with E-state index in [-0.39, 0.29) is 11.8 Å². The van der Waals surface area contributed by atoms with E-state index in [0.29, 0.717) is 51.2 Å². The Balaban J connectivity index is 2.53. The molecule has 0 aliphatic carbocycles. The molecule has 1 rings (SSSR count). The van der Waals surface area contributed by atoms with Crippen LogP contribution < -0.4 is 5.73 Å². The van der Waals surface area contributed by atoms with Crippen LogP contribution in [0.2, 0.25) is 0 Å². The number of carbonyl (C=O) groups is 2. The fourth-order valence-corrected chi connectivity index (χ4v) is 3.21. The van der Waals surface area contributed by atoms with Crippen LogP contribution in [0.3, 0.4) is 0 Å². The molecule has 1 unspecified atom stereocenters. The molecule has 1 heterocycles. The minimum absolute atomic E-state index is 0.126. The Bertz CT molecular complexity index is 361. The van der Waals surface area contributed by atoms with Crippen molar-refractivity contribution in [3.63, 3.8) is 0 Å². The van der Waals surface area contributed by atoms with Gasteiger partial charge in [-0.3, -0.25) is 9.59 Å². The zero-order chi connectivity index (χ0) is 16.0. The van der Waals surface area contributed by atoms with Crippen LogP contribution in [-0.4, -0.2) is 41.5 Å². The molecular weight excluding hydrogens is 268 g/mol. The number of carboxylic acid groups (broad SMARTS) is 1. The molecule has 0 aromatic rings. The summed E-state index contributed by atoms with van der Waals surface area (Å²) in [5, 5.41) is 9.38. The highest BCUT2D eigenvalue weighted by atomic mass is 16.4. The van der Waals surface area contributed by atoms with Crippen molar-refractivity contribution in [2.45, 2.75) is 52.9 Å². The summed E-state index contributed by atoms with van der Waals surface area (Å²) in [5.74, 6) is 0.167. The molecule has 122 valence electrons. The molecule has 1 fully saturated rings. The second-order valence-corrected chi connectivity index (χ2v) is 6.76. The van der Waals surface area contributed by atoms with Gasteiger partial charge in [-0.15, -0.1) is 0 Å². The normalized spacial score (nSPS) is 19.6. The van der Waals surface area contributed by atoms with E-state index >= 15 is 0 Å². The van der Waals surface area contributed by atoms with Crippen LogP contribution in [-0.2, 0) is 9.59 Å². The largest absolute Gasteiger partial charge is 0.481 e. The molecule has 21 heavy (non-hydrogen) atoms. The van der Waals surface area contributed by atoms with E-state index in [4.69, 9.17) is 5.73 Å². The van der Waals surface area contributed by atoms with E-state index in [1.165, 1.54) is 0 Å². The Morgan fingerprint density at radius 1 is 1.29 bits per heavy atom. The van der Waals surface area contributed by atoms with Crippen LogP contribution in [0.5, 0.6) is 0 Å². The van der Waals surface area contributed by atoms with E-state index in [1.807, 2.05) is 11.8 Å². The first kappa shape index (κ1) is 18.0. The summed E-state index contributed by atoms with van der Waals surface area (Å²) >= 11 is 0. The van der Waals surface area contributed by atoms with Crippen LogP contribution in [0.15, 0.2) is 0 Å². The third-order valence-electron chi connectivity index (χ3n) is 4.81. The quantitative estimate of drug-likeness (QED) is 0.754. The van der Waals surface area contributed by atoms with Crippen LogP contribution in [0.25, 0.3) is 0 Å². The number of rotatable bonds is 7. The van der Waals surface area contributed by atoms with Gasteiger partial charge in [0.1, 0.15) is 0 Å². The second-order valence-electron chi connectivity index (χ2n) is 6.76. The van der Waals surface area contributed by atoms with Gasteiger partial charge in [0.15, 0.2) is 0 Å². The van der Waals surface area contributed by atoms with Gasteiger partial charge < -0.3 is 15.7 Å². The molecule has 0 saturated carbocycles. The second kappa shape index (κ2) is 7.78. The molecule has 5 nitrogen and oxygen atoms in total. The van der Waals surface area contributed by atoms with Gasteiger partial charge in [0, 0.05) is 19.5 Å². The summed E-state index contributed by atoms with van der Waals surface area (Å²) in [4.78, 5) is 25.6. The van der Waals surface area contributed by atoms with Gasteiger partial charge in [0.2, 0.25) is 5.91 Å². The van der Waals surface area contributed by atoms with Crippen molar-refractivity contribution >= 4 is 11.9 Å². The fraction of sp³-hybridized carbons (Fsp3) is 0.875. The predicted molar refractivity (Wildman–Crippen MR) is 82.8 cm³/mol. The van der Waals surface area contributed by atoms with E-state index in [9.17, 15) is 14.7 Å². The van der Waals surface area contributed by atoms with Crippen molar-refractivity contribution in [3.8, 4) is 0 Å². The number of likely N-dealkylation sites (tertiary alicyclic amines) is 1. The lowest BCUT2D eigenvalue weighted by Gasteiger charge is -2.38. The molecule has 0 spiro atoms. The van der Waals surface area contributed by atoms with Crippen molar-refractivity contribution in [3.05, 3.63) is 0 Å². The Morgan fingerprint density at radius 3 is 2.24 bits per heavy atom. The Hall–Kier alpha value is -1.10. The number of carboxylic acids is 1. The molecule has 1 atom stereocenters. The van der Waals surface area contributed by atoms with Crippen molar-refractivity contribution in [1.82, 2.24) is 4.90 Å². The molecule has 0 radical (unpaired) electrons. The monoisotopic (exact) mass is 298 g/mol. The lowest BCUT2D eigenvalue weighted by molar-refractivity contribution is -0.154. The molecule has 0 aromatic carbocycles. The molecule has 0 bridgehead atoms. The maximum atomic E-state index is 12.3. The first-order valence-corrected chi connectivity index (χ1v) is 8.06. The average molecular weight is 298 g/mol. The molecular formula is C16H30N2O3. The van der Waals surface area contributed by atoms with Crippen molar-refractivity contribution in [2.24, 2.45) is 23.0 Å². The highest BCUT2D eigenvalue weighted by Crippen LogP contribution is 2.35. The van der Waals surface area contributed by atoms with Gasteiger partial charge in [-0.25, -0.2) is 0 Å². The van der Waals surface area contributed by atoms with Crippen molar-refractivity contribution in [1.29, 1.82) is 0 Å². The SMILES string of the molecule is CCC1(C(=O)O)CCN(C(=O)CC(CN)CC(C)C)CC1. The minimum atomic E-state index is -0.725. The molecule has 0 aromatic heterocycles. The Morgan fingerprint density at radius 2 is 1.86 bits per heavy atom. The Labute approximate surface area is 127 Å². The van der Waals surface area contributed by atoms with Gasteiger partial charge >= 0.3 is 5.97 Å². The summed E-state index contributed by atoms with van der Waals surface area (Å²) in [5.41, 5.74) is 5.12. The summed E-state index contributed by atoms with van der Waals surface area (Å²) in [6.45, 7) is 7.83. The molecule has 1 aliphatic rings.